The van der Waals surface area contributed by atoms with Crippen LogP contribution in [0.4, 0.5) is 0 Å². The lowest BCUT2D eigenvalue weighted by atomic mass is 9.83. The first-order chi connectivity index (χ1) is 6.87. The zero-order valence-electron chi connectivity index (χ0n) is 8.71. The highest BCUT2D eigenvalue weighted by atomic mass is 16.5. The lowest BCUT2D eigenvalue weighted by Gasteiger charge is -2.27. The van der Waals surface area contributed by atoms with Crippen LogP contribution in [-0.4, -0.2) is 38.9 Å². The molecule has 4 nitrogen and oxygen atoms in total. The molecule has 0 radical (unpaired) electrons. The lowest BCUT2D eigenvalue weighted by Crippen LogP contribution is -2.41. The Hall–Kier alpha value is -0.610. The average molecular weight is 198 g/mol. The predicted octanol–water partition coefficient (Wildman–Crippen LogP) is 0.779. The average Bonchev–Trinajstić information content (AvgIpc) is 2.54. The van der Waals surface area contributed by atoms with E-state index in [0.717, 1.165) is 45.0 Å². The number of ether oxygens (including phenoxy) is 2. The van der Waals surface area contributed by atoms with Crippen LogP contribution in [0.2, 0.25) is 0 Å². The molecule has 0 amide bonds. The Bertz CT molecular complexity index is 222. The van der Waals surface area contributed by atoms with Gasteiger partial charge in [-0.15, -0.1) is 0 Å². The third kappa shape index (κ3) is 1.77. The Kier molecular flexibility index (Phi) is 3.03. The molecule has 2 aliphatic heterocycles. The molecule has 1 saturated heterocycles. The minimum Gasteiger partial charge on any atom is -0.380 e. The van der Waals surface area contributed by atoms with Crippen LogP contribution in [0, 0.1) is 5.41 Å². The molecule has 0 saturated carbocycles. The SMILES string of the molecule is CCC1(C2=NCCOCN2)CCOC1. The zero-order valence-corrected chi connectivity index (χ0v) is 8.71. The molecule has 4 heteroatoms. The molecule has 1 N–H and O–H groups in total. The summed E-state index contributed by atoms with van der Waals surface area (Å²) >= 11 is 0. The smallest absolute Gasteiger partial charge is 0.117 e. The van der Waals surface area contributed by atoms with Gasteiger partial charge in [-0.25, -0.2) is 0 Å². The molecule has 1 unspecified atom stereocenters. The van der Waals surface area contributed by atoms with Gasteiger partial charge >= 0.3 is 0 Å². The van der Waals surface area contributed by atoms with Gasteiger partial charge in [0, 0.05) is 6.61 Å². The molecule has 0 spiro atoms. The van der Waals surface area contributed by atoms with Crippen molar-refractivity contribution in [2.45, 2.75) is 19.8 Å². The van der Waals surface area contributed by atoms with Crippen LogP contribution in [0.3, 0.4) is 0 Å². The second-order valence-corrected chi connectivity index (χ2v) is 3.90. The normalized spacial score (nSPS) is 33.4. The topological polar surface area (TPSA) is 42.8 Å². The summed E-state index contributed by atoms with van der Waals surface area (Å²) in [7, 11) is 0. The van der Waals surface area contributed by atoms with E-state index in [1.54, 1.807) is 0 Å². The Morgan fingerprint density at radius 1 is 1.43 bits per heavy atom. The van der Waals surface area contributed by atoms with E-state index in [0.29, 0.717) is 6.73 Å². The number of hydrogen-bond acceptors (Lipinski definition) is 4. The van der Waals surface area contributed by atoms with Crippen molar-refractivity contribution in [3.8, 4) is 0 Å². The summed E-state index contributed by atoms with van der Waals surface area (Å²) in [6.07, 6.45) is 2.16. The molecular weight excluding hydrogens is 180 g/mol. The van der Waals surface area contributed by atoms with Crippen molar-refractivity contribution in [3.63, 3.8) is 0 Å². The summed E-state index contributed by atoms with van der Waals surface area (Å²) in [6.45, 7) is 5.93. The third-order valence-electron chi connectivity index (χ3n) is 3.13. The van der Waals surface area contributed by atoms with Crippen LogP contribution in [0.15, 0.2) is 4.99 Å². The molecule has 0 aromatic rings. The summed E-state index contributed by atoms with van der Waals surface area (Å²) in [5.41, 5.74) is 0.133. The first-order valence-electron chi connectivity index (χ1n) is 5.32. The summed E-state index contributed by atoms with van der Waals surface area (Å²) in [6, 6.07) is 0. The standard InChI is InChI=1S/C10H18N2O2/c1-2-10(3-5-13-7-10)9-11-4-6-14-8-12-9/h2-8H2,1H3,(H,11,12). The number of nitrogens with one attached hydrogen (secondary N) is 1. The van der Waals surface area contributed by atoms with Gasteiger partial charge in [-0.3, -0.25) is 4.99 Å². The van der Waals surface area contributed by atoms with Gasteiger partial charge in [0.1, 0.15) is 12.6 Å². The molecule has 80 valence electrons. The predicted molar refractivity (Wildman–Crippen MR) is 54.4 cm³/mol. The second-order valence-electron chi connectivity index (χ2n) is 3.90. The molecule has 0 bridgehead atoms. The summed E-state index contributed by atoms with van der Waals surface area (Å²) in [5.74, 6) is 1.09. The fourth-order valence-electron chi connectivity index (χ4n) is 2.06. The van der Waals surface area contributed by atoms with Crippen LogP contribution in [0.1, 0.15) is 19.8 Å². The van der Waals surface area contributed by atoms with Gasteiger partial charge in [0.25, 0.3) is 0 Å². The van der Waals surface area contributed by atoms with E-state index in [4.69, 9.17) is 9.47 Å². The molecule has 2 aliphatic rings. The fourth-order valence-corrected chi connectivity index (χ4v) is 2.06. The number of aliphatic imine (C=N–C) groups is 1. The molecular formula is C10H18N2O2. The number of nitrogens with zero attached hydrogens (tertiary/aromatic N) is 1. The van der Waals surface area contributed by atoms with E-state index in [1.165, 1.54) is 0 Å². The first-order valence-corrected chi connectivity index (χ1v) is 5.32. The number of rotatable bonds is 2. The highest BCUT2D eigenvalue weighted by Crippen LogP contribution is 2.33. The monoisotopic (exact) mass is 198 g/mol. The maximum absolute atomic E-state index is 5.48. The van der Waals surface area contributed by atoms with Gasteiger partial charge in [0.15, 0.2) is 0 Å². The number of amidine groups is 1. The molecule has 0 aromatic heterocycles. The molecule has 1 atom stereocenters. The van der Waals surface area contributed by atoms with Crippen molar-refractivity contribution in [3.05, 3.63) is 0 Å². The number of hydrogen-bond donors (Lipinski definition) is 1. The Morgan fingerprint density at radius 2 is 2.36 bits per heavy atom. The van der Waals surface area contributed by atoms with E-state index in [9.17, 15) is 0 Å². The van der Waals surface area contributed by atoms with Crippen LogP contribution in [0.25, 0.3) is 0 Å². The zero-order chi connectivity index (χ0) is 9.86. The van der Waals surface area contributed by atoms with Crippen molar-refractivity contribution < 1.29 is 9.47 Å². The molecule has 1 fully saturated rings. The van der Waals surface area contributed by atoms with Gasteiger partial charge in [-0.05, 0) is 12.8 Å². The third-order valence-corrected chi connectivity index (χ3v) is 3.13. The van der Waals surface area contributed by atoms with E-state index in [2.05, 4.69) is 17.2 Å². The van der Waals surface area contributed by atoms with Gasteiger partial charge in [-0.2, -0.15) is 0 Å². The van der Waals surface area contributed by atoms with Crippen LogP contribution in [0.5, 0.6) is 0 Å². The van der Waals surface area contributed by atoms with Crippen molar-refractivity contribution in [1.29, 1.82) is 0 Å². The van der Waals surface area contributed by atoms with Crippen molar-refractivity contribution in [1.82, 2.24) is 5.32 Å². The van der Waals surface area contributed by atoms with E-state index >= 15 is 0 Å². The quantitative estimate of drug-likeness (QED) is 0.713. The largest absolute Gasteiger partial charge is 0.380 e. The summed E-state index contributed by atoms with van der Waals surface area (Å²) < 4.78 is 10.8. The second kappa shape index (κ2) is 4.28. The summed E-state index contributed by atoms with van der Waals surface area (Å²) in [5, 5.41) is 3.26. The van der Waals surface area contributed by atoms with Gasteiger partial charge in [0.2, 0.25) is 0 Å². The van der Waals surface area contributed by atoms with Crippen molar-refractivity contribution >= 4 is 5.84 Å². The maximum Gasteiger partial charge on any atom is 0.117 e. The van der Waals surface area contributed by atoms with E-state index in [1.807, 2.05) is 0 Å². The minimum atomic E-state index is 0.133. The lowest BCUT2D eigenvalue weighted by molar-refractivity contribution is 0.139. The van der Waals surface area contributed by atoms with E-state index < -0.39 is 0 Å². The highest BCUT2D eigenvalue weighted by Gasteiger charge is 2.38. The van der Waals surface area contributed by atoms with Gasteiger partial charge < -0.3 is 14.8 Å². The Morgan fingerprint density at radius 3 is 3.07 bits per heavy atom. The molecule has 0 aliphatic carbocycles. The van der Waals surface area contributed by atoms with Crippen molar-refractivity contribution in [2.24, 2.45) is 10.4 Å². The minimum absolute atomic E-state index is 0.133. The fraction of sp³-hybridized carbons (Fsp3) is 0.900. The van der Waals surface area contributed by atoms with Crippen LogP contribution in [-0.2, 0) is 9.47 Å². The van der Waals surface area contributed by atoms with Gasteiger partial charge in [-0.1, -0.05) is 6.92 Å². The highest BCUT2D eigenvalue weighted by molar-refractivity contribution is 5.88. The van der Waals surface area contributed by atoms with Gasteiger partial charge in [0.05, 0.1) is 25.2 Å². The van der Waals surface area contributed by atoms with Crippen molar-refractivity contribution in [2.75, 3.05) is 33.1 Å². The summed E-state index contributed by atoms with van der Waals surface area (Å²) in [4.78, 5) is 4.55. The first kappa shape index (κ1) is 9.93. The Balaban J connectivity index is 2.12. The maximum atomic E-state index is 5.48. The van der Waals surface area contributed by atoms with Crippen LogP contribution >= 0.6 is 0 Å². The molecule has 2 rings (SSSR count). The van der Waals surface area contributed by atoms with E-state index in [-0.39, 0.29) is 5.41 Å². The Labute approximate surface area is 84.7 Å². The molecule has 0 aromatic carbocycles. The molecule has 14 heavy (non-hydrogen) atoms. The molecule has 2 heterocycles. The van der Waals surface area contributed by atoms with Crippen LogP contribution < -0.4 is 5.32 Å².